The number of ether oxygens (including phenoxy) is 1. The van der Waals surface area contributed by atoms with Gasteiger partial charge in [-0.2, -0.15) is 5.10 Å². The van der Waals surface area contributed by atoms with Crippen LogP contribution in [-0.2, 0) is 11.3 Å². The molecule has 4 heteroatoms. The van der Waals surface area contributed by atoms with Crippen molar-refractivity contribution in [2.24, 2.45) is 0 Å². The fraction of sp³-hybridized carbons (Fsp3) is 0.625. The van der Waals surface area contributed by atoms with Gasteiger partial charge in [0.2, 0.25) is 0 Å². The predicted octanol–water partition coefficient (Wildman–Crippen LogP) is -0.129. The second-order valence-electron chi connectivity index (χ2n) is 2.96. The molecule has 1 aromatic rings. The molecule has 1 aliphatic heterocycles. The topological polar surface area (TPSA) is 39.1 Å². The van der Waals surface area contributed by atoms with E-state index < -0.39 is 0 Å². The van der Waals surface area contributed by atoms with E-state index in [2.05, 4.69) is 10.4 Å². The maximum Gasteiger partial charge on any atom is 0.0643 e. The molecule has 0 bridgehead atoms. The molecule has 4 nitrogen and oxygen atoms in total. The number of hydrogen-bond acceptors (Lipinski definition) is 3. The Balaban J connectivity index is 1.62. The van der Waals surface area contributed by atoms with Gasteiger partial charge in [-0.15, -0.1) is 0 Å². The van der Waals surface area contributed by atoms with Gasteiger partial charge in [-0.05, 0) is 6.07 Å². The summed E-state index contributed by atoms with van der Waals surface area (Å²) in [6, 6.07) is 2.51. The molecular weight excluding hydrogens is 154 g/mol. The van der Waals surface area contributed by atoms with Gasteiger partial charge in [0.25, 0.3) is 0 Å². The average molecular weight is 167 g/mol. The molecule has 1 aliphatic rings. The van der Waals surface area contributed by atoms with Crippen LogP contribution in [0, 0.1) is 0 Å². The van der Waals surface area contributed by atoms with Gasteiger partial charge in [0, 0.05) is 18.9 Å². The highest BCUT2D eigenvalue weighted by molar-refractivity contribution is 4.78. The predicted molar refractivity (Wildman–Crippen MR) is 44.8 cm³/mol. The van der Waals surface area contributed by atoms with Crippen molar-refractivity contribution >= 4 is 0 Å². The van der Waals surface area contributed by atoms with Crippen molar-refractivity contribution in [3.63, 3.8) is 0 Å². The average Bonchev–Trinajstić information content (AvgIpc) is 2.46. The van der Waals surface area contributed by atoms with Gasteiger partial charge in [-0.25, -0.2) is 0 Å². The van der Waals surface area contributed by atoms with Gasteiger partial charge in [0.1, 0.15) is 0 Å². The molecule has 0 radical (unpaired) electrons. The highest BCUT2D eigenvalue weighted by Gasteiger charge is 2.16. The van der Waals surface area contributed by atoms with E-state index in [0.717, 1.165) is 26.3 Å². The number of nitrogens with zero attached hydrogens (tertiary/aromatic N) is 2. The lowest BCUT2D eigenvalue weighted by atomic mass is 10.2. The number of hydrogen-bond donors (Lipinski definition) is 1. The summed E-state index contributed by atoms with van der Waals surface area (Å²) in [4.78, 5) is 0. The minimum absolute atomic E-state index is 0.570. The second-order valence-corrected chi connectivity index (χ2v) is 2.96. The van der Waals surface area contributed by atoms with E-state index in [1.165, 1.54) is 0 Å². The third-order valence-electron chi connectivity index (χ3n) is 1.97. The summed E-state index contributed by atoms with van der Waals surface area (Å²) < 4.78 is 6.96. The monoisotopic (exact) mass is 167 g/mol. The summed E-state index contributed by atoms with van der Waals surface area (Å²) in [5.41, 5.74) is 0. The van der Waals surface area contributed by atoms with Crippen LogP contribution in [0.5, 0.6) is 0 Å². The molecule has 0 atom stereocenters. The molecule has 2 rings (SSSR count). The van der Waals surface area contributed by atoms with E-state index in [-0.39, 0.29) is 0 Å². The largest absolute Gasteiger partial charge is 0.378 e. The standard InChI is InChI=1S/C8H13N3O/c1-2-10-11(4-1)5-3-9-8-6-12-7-8/h1-2,4,8-9H,3,5-7H2. The highest BCUT2D eigenvalue weighted by Crippen LogP contribution is 1.98. The number of rotatable bonds is 4. The Bertz CT molecular complexity index is 218. The van der Waals surface area contributed by atoms with Crippen LogP contribution in [-0.4, -0.2) is 35.6 Å². The second kappa shape index (κ2) is 3.69. The Morgan fingerprint density at radius 1 is 1.58 bits per heavy atom. The van der Waals surface area contributed by atoms with Crippen molar-refractivity contribution in [2.45, 2.75) is 12.6 Å². The van der Waals surface area contributed by atoms with Crippen LogP contribution in [0.3, 0.4) is 0 Å². The van der Waals surface area contributed by atoms with Gasteiger partial charge in [-0.3, -0.25) is 4.68 Å². The summed E-state index contributed by atoms with van der Waals surface area (Å²) in [5, 5.41) is 7.47. The fourth-order valence-electron chi connectivity index (χ4n) is 1.17. The molecule has 2 heterocycles. The minimum Gasteiger partial charge on any atom is -0.378 e. The Hall–Kier alpha value is -0.870. The minimum atomic E-state index is 0.570. The highest BCUT2D eigenvalue weighted by atomic mass is 16.5. The number of aromatic nitrogens is 2. The van der Waals surface area contributed by atoms with Crippen molar-refractivity contribution in [3.05, 3.63) is 18.5 Å². The van der Waals surface area contributed by atoms with Gasteiger partial charge in [0.15, 0.2) is 0 Å². The molecule has 0 saturated carbocycles. The van der Waals surface area contributed by atoms with Crippen molar-refractivity contribution in [1.82, 2.24) is 15.1 Å². The van der Waals surface area contributed by atoms with Crippen LogP contribution in [0.4, 0.5) is 0 Å². The molecule has 1 fully saturated rings. The smallest absolute Gasteiger partial charge is 0.0643 e. The molecule has 0 spiro atoms. The lowest BCUT2D eigenvalue weighted by Crippen LogP contribution is -2.46. The Morgan fingerprint density at radius 3 is 3.08 bits per heavy atom. The van der Waals surface area contributed by atoms with E-state index in [9.17, 15) is 0 Å². The molecule has 66 valence electrons. The normalized spacial score (nSPS) is 17.7. The molecular formula is C8H13N3O. The maximum absolute atomic E-state index is 5.04. The summed E-state index contributed by atoms with van der Waals surface area (Å²) in [6.07, 6.45) is 3.77. The lowest BCUT2D eigenvalue weighted by Gasteiger charge is -2.26. The maximum atomic E-state index is 5.04. The molecule has 12 heavy (non-hydrogen) atoms. The third kappa shape index (κ3) is 1.84. The summed E-state index contributed by atoms with van der Waals surface area (Å²) in [5.74, 6) is 0. The van der Waals surface area contributed by atoms with Crippen LogP contribution < -0.4 is 5.32 Å². The van der Waals surface area contributed by atoms with Crippen molar-refractivity contribution in [1.29, 1.82) is 0 Å². The SMILES string of the molecule is c1cnn(CCNC2COC2)c1. The van der Waals surface area contributed by atoms with E-state index in [1.54, 1.807) is 6.20 Å². The fourth-order valence-corrected chi connectivity index (χ4v) is 1.17. The first-order valence-corrected chi connectivity index (χ1v) is 4.24. The van der Waals surface area contributed by atoms with E-state index in [1.807, 2.05) is 16.9 Å². The van der Waals surface area contributed by atoms with Crippen molar-refractivity contribution < 1.29 is 4.74 Å². The lowest BCUT2D eigenvalue weighted by molar-refractivity contribution is -0.00523. The molecule has 0 amide bonds. The molecule has 0 unspecified atom stereocenters. The molecule has 1 N–H and O–H groups in total. The van der Waals surface area contributed by atoms with Crippen LogP contribution in [0.25, 0.3) is 0 Å². The zero-order chi connectivity index (χ0) is 8.23. The Morgan fingerprint density at radius 2 is 2.50 bits per heavy atom. The van der Waals surface area contributed by atoms with Crippen LogP contribution >= 0.6 is 0 Å². The summed E-state index contributed by atoms with van der Waals surface area (Å²) >= 11 is 0. The first kappa shape index (κ1) is 7.76. The Labute approximate surface area is 71.5 Å². The zero-order valence-corrected chi connectivity index (χ0v) is 6.94. The first-order valence-electron chi connectivity index (χ1n) is 4.24. The van der Waals surface area contributed by atoms with Crippen LogP contribution in [0.15, 0.2) is 18.5 Å². The van der Waals surface area contributed by atoms with E-state index in [0.29, 0.717) is 6.04 Å². The van der Waals surface area contributed by atoms with Crippen LogP contribution in [0.2, 0.25) is 0 Å². The van der Waals surface area contributed by atoms with Crippen molar-refractivity contribution in [2.75, 3.05) is 19.8 Å². The summed E-state index contributed by atoms with van der Waals surface area (Å²) in [7, 11) is 0. The Kier molecular flexibility index (Phi) is 2.39. The molecule has 1 aromatic heterocycles. The molecule has 0 aromatic carbocycles. The first-order chi connectivity index (χ1) is 5.95. The molecule has 0 aliphatic carbocycles. The van der Waals surface area contributed by atoms with Gasteiger partial charge in [-0.1, -0.05) is 0 Å². The number of nitrogens with one attached hydrogen (secondary N) is 1. The van der Waals surface area contributed by atoms with Gasteiger partial charge < -0.3 is 10.1 Å². The molecule has 1 saturated heterocycles. The zero-order valence-electron chi connectivity index (χ0n) is 6.94. The third-order valence-corrected chi connectivity index (χ3v) is 1.97. The quantitative estimate of drug-likeness (QED) is 0.679. The van der Waals surface area contributed by atoms with E-state index >= 15 is 0 Å². The van der Waals surface area contributed by atoms with Gasteiger partial charge in [0.05, 0.1) is 25.8 Å². The van der Waals surface area contributed by atoms with Gasteiger partial charge >= 0.3 is 0 Å². The van der Waals surface area contributed by atoms with Crippen molar-refractivity contribution in [3.8, 4) is 0 Å². The summed E-state index contributed by atoms with van der Waals surface area (Å²) in [6.45, 7) is 3.62. The van der Waals surface area contributed by atoms with E-state index in [4.69, 9.17) is 4.74 Å². The van der Waals surface area contributed by atoms with Crippen LogP contribution in [0.1, 0.15) is 0 Å².